The first-order valence-electron chi connectivity index (χ1n) is 7.86. The number of carbonyl (C=O) groups excluding carboxylic acids is 2. The molecule has 2 aromatic rings. The fourth-order valence-electron chi connectivity index (χ4n) is 2.70. The summed E-state index contributed by atoms with van der Waals surface area (Å²) in [6.45, 7) is 0. The molecule has 0 aromatic heterocycles. The van der Waals surface area contributed by atoms with E-state index in [-0.39, 0.29) is 10.7 Å². The van der Waals surface area contributed by atoms with Crippen molar-refractivity contribution in [2.75, 3.05) is 26.2 Å². The number of hydrogen-bond acceptors (Lipinski definition) is 7. The third-order valence-corrected chi connectivity index (χ3v) is 4.77. The Kier molecular flexibility index (Phi) is 5.27. The Labute approximate surface area is 160 Å². The number of amides is 2. The van der Waals surface area contributed by atoms with Gasteiger partial charge in [-0.25, -0.2) is 4.90 Å². The first-order valence-corrected chi connectivity index (χ1v) is 8.67. The number of nitrogens with zero attached hydrogens (tertiary/aromatic N) is 1. The van der Waals surface area contributed by atoms with E-state index < -0.39 is 11.1 Å². The molecule has 8 heteroatoms. The average molecular weight is 387 g/mol. The second-order valence-electron chi connectivity index (χ2n) is 5.46. The van der Waals surface area contributed by atoms with Crippen LogP contribution in [-0.2, 0) is 4.79 Å². The monoisotopic (exact) mass is 387 g/mol. The summed E-state index contributed by atoms with van der Waals surface area (Å²) in [5.74, 6) is 0.755. The Morgan fingerprint density at radius 2 is 1.74 bits per heavy atom. The minimum absolute atomic E-state index is 0.0305. The fraction of sp³-hybridized carbons (Fsp3) is 0.158. The fourth-order valence-corrected chi connectivity index (χ4v) is 3.53. The third kappa shape index (κ3) is 3.43. The minimum Gasteiger partial charge on any atom is -0.508 e. The van der Waals surface area contributed by atoms with E-state index in [0.29, 0.717) is 28.5 Å². The van der Waals surface area contributed by atoms with Crippen LogP contribution < -0.4 is 19.1 Å². The van der Waals surface area contributed by atoms with Crippen LogP contribution in [0.1, 0.15) is 5.56 Å². The van der Waals surface area contributed by atoms with Crippen LogP contribution in [0.3, 0.4) is 0 Å². The number of aromatic hydroxyl groups is 1. The second-order valence-corrected chi connectivity index (χ2v) is 6.45. The largest absolute Gasteiger partial charge is 0.508 e. The molecule has 27 heavy (non-hydrogen) atoms. The molecule has 1 heterocycles. The van der Waals surface area contributed by atoms with Crippen molar-refractivity contribution >= 4 is 34.7 Å². The highest BCUT2D eigenvalue weighted by molar-refractivity contribution is 8.19. The van der Waals surface area contributed by atoms with Crippen molar-refractivity contribution in [3.05, 3.63) is 46.9 Å². The standard InChI is InChI=1S/C19H17NO6S/c1-24-14-8-7-11(16(25-2)17(14)26-3)9-15-18(22)20(19(23)27-15)12-5-4-6-13(21)10-12/h4-10,21H,1-3H3. The van der Waals surface area contributed by atoms with Crippen LogP contribution in [0.2, 0.25) is 0 Å². The number of rotatable bonds is 5. The lowest BCUT2D eigenvalue weighted by molar-refractivity contribution is -0.113. The Morgan fingerprint density at radius 3 is 2.37 bits per heavy atom. The van der Waals surface area contributed by atoms with Crippen LogP contribution in [-0.4, -0.2) is 37.6 Å². The van der Waals surface area contributed by atoms with Crippen molar-refractivity contribution in [1.82, 2.24) is 0 Å². The summed E-state index contributed by atoms with van der Waals surface area (Å²) < 4.78 is 16.0. The number of benzene rings is 2. The number of methoxy groups -OCH3 is 3. The molecule has 140 valence electrons. The SMILES string of the molecule is COc1ccc(C=C2SC(=O)N(c3cccc(O)c3)C2=O)c(OC)c1OC. The molecule has 0 unspecified atom stereocenters. The molecule has 0 saturated carbocycles. The Balaban J connectivity index is 2.01. The number of anilines is 1. The molecule has 0 radical (unpaired) electrons. The molecule has 1 N–H and O–H groups in total. The van der Waals surface area contributed by atoms with Gasteiger partial charge in [0.2, 0.25) is 5.75 Å². The van der Waals surface area contributed by atoms with Gasteiger partial charge < -0.3 is 19.3 Å². The highest BCUT2D eigenvalue weighted by Gasteiger charge is 2.36. The van der Waals surface area contributed by atoms with Gasteiger partial charge in [0.1, 0.15) is 5.75 Å². The van der Waals surface area contributed by atoms with E-state index in [0.717, 1.165) is 16.7 Å². The van der Waals surface area contributed by atoms with Gasteiger partial charge in [0.15, 0.2) is 11.5 Å². The van der Waals surface area contributed by atoms with Crippen LogP contribution in [0.5, 0.6) is 23.0 Å². The lowest BCUT2D eigenvalue weighted by atomic mass is 10.1. The maximum Gasteiger partial charge on any atom is 0.298 e. The van der Waals surface area contributed by atoms with Gasteiger partial charge in [-0.2, -0.15) is 0 Å². The molecule has 7 nitrogen and oxygen atoms in total. The van der Waals surface area contributed by atoms with Gasteiger partial charge in [0, 0.05) is 11.6 Å². The molecular formula is C19H17NO6S. The van der Waals surface area contributed by atoms with E-state index in [9.17, 15) is 14.7 Å². The molecule has 1 saturated heterocycles. The van der Waals surface area contributed by atoms with E-state index in [2.05, 4.69) is 0 Å². The number of hydrogen-bond donors (Lipinski definition) is 1. The van der Waals surface area contributed by atoms with Crippen LogP contribution in [0.4, 0.5) is 10.5 Å². The smallest absolute Gasteiger partial charge is 0.298 e. The van der Waals surface area contributed by atoms with Gasteiger partial charge in [-0.15, -0.1) is 0 Å². The summed E-state index contributed by atoms with van der Waals surface area (Å²) in [4.78, 5) is 26.3. The Bertz CT molecular complexity index is 940. The molecule has 1 fully saturated rings. The van der Waals surface area contributed by atoms with Gasteiger partial charge in [-0.1, -0.05) is 6.07 Å². The average Bonchev–Trinajstić information content (AvgIpc) is 2.94. The van der Waals surface area contributed by atoms with Crippen molar-refractivity contribution in [2.24, 2.45) is 0 Å². The molecule has 1 aliphatic rings. The quantitative estimate of drug-likeness (QED) is 0.784. The molecule has 0 atom stereocenters. The van der Waals surface area contributed by atoms with Crippen molar-refractivity contribution in [2.45, 2.75) is 0 Å². The highest BCUT2D eigenvalue weighted by Crippen LogP contribution is 2.43. The second kappa shape index (κ2) is 7.63. The van der Waals surface area contributed by atoms with Crippen LogP contribution in [0, 0.1) is 0 Å². The third-order valence-electron chi connectivity index (χ3n) is 3.90. The molecule has 0 bridgehead atoms. The van der Waals surface area contributed by atoms with Gasteiger partial charge in [0.25, 0.3) is 11.1 Å². The number of phenolic OH excluding ortho intramolecular Hbond substituents is 1. The molecule has 2 amide bonds. The van der Waals surface area contributed by atoms with Gasteiger partial charge >= 0.3 is 0 Å². The molecule has 2 aromatic carbocycles. The van der Waals surface area contributed by atoms with E-state index in [1.807, 2.05) is 0 Å². The van der Waals surface area contributed by atoms with E-state index in [4.69, 9.17) is 14.2 Å². The summed E-state index contributed by atoms with van der Waals surface area (Å²) in [5, 5.41) is 9.16. The number of imide groups is 1. The summed E-state index contributed by atoms with van der Waals surface area (Å²) in [6.07, 6.45) is 1.56. The zero-order valence-corrected chi connectivity index (χ0v) is 15.7. The predicted octanol–water partition coefficient (Wildman–Crippen LogP) is 3.66. The molecule has 3 rings (SSSR count). The number of thioether (sulfide) groups is 1. The van der Waals surface area contributed by atoms with Gasteiger partial charge in [0.05, 0.1) is 31.9 Å². The minimum atomic E-state index is -0.479. The van der Waals surface area contributed by atoms with Crippen molar-refractivity contribution in [3.63, 3.8) is 0 Å². The molecule has 0 spiro atoms. The number of phenols is 1. The van der Waals surface area contributed by atoms with Crippen LogP contribution in [0.15, 0.2) is 41.3 Å². The van der Waals surface area contributed by atoms with Crippen LogP contribution in [0.25, 0.3) is 6.08 Å². The predicted molar refractivity (Wildman–Crippen MR) is 103 cm³/mol. The molecule has 0 aliphatic carbocycles. The first kappa shape index (κ1) is 18.7. The van der Waals surface area contributed by atoms with Gasteiger partial charge in [-0.05, 0) is 42.1 Å². The summed E-state index contributed by atoms with van der Waals surface area (Å²) >= 11 is 0.809. The van der Waals surface area contributed by atoms with E-state index >= 15 is 0 Å². The Hall–Kier alpha value is -3.13. The summed E-state index contributed by atoms with van der Waals surface area (Å²) in [7, 11) is 4.48. The van der Waals surface area contributed by atoms with Crippen molar-refractivity contribution in [1.29, 1.82) is 0 Å². The lowest BCUT2D eigenvalue weighted by Gasteiger charge is -2.14. The van der Waals surface area contributed by atoms with E-state index in [1.165, 1.54) is 33.5 Å². The maximum absolute atomic E-state index is 12.7. The molecule has 1 aliphatic heterocycles. The van der Waals surface area contributed by atoms with Crippen molar-refractivity contribution in [3.8, 4) is 23.0 Å². The zero-order valence-electron chi connectivity index (χ0n) is 14.9. The number of carbonyl (C=O) groups is 2. The topological polar surface area (TPSA) is 85.3 Å². The first-order chi connectivity index (χ1) is 13.0. The summed E-state index contributed by atoms with van der Waals surface area (Å²) in [5.41, 5.74) is 0.872. The maximum atomic E-state index is 12.7. The highest BCUT2D eigenvalue weighted by atomic mass is 32.2. The Morgan fingerprint density at radius 1 is 1.00 bits per heavy atom. The van der Waals surface area contributed by atoms with Crippen LogP contribution >= 0.6 is 11.8 Å². The normalized spacial score (nSPS) is 15.4. The van der Waals surface area contributed by atoms with Crippen molar-refractivity contribution < 1.29 is 28.9 Å². The summed E-state index contributed by atoms with van der Waals surface area (Å²) in [6, 6.07) is 9.36. The number of ether oxygens (including phenoxy) is 3. The lowest BCUT2D eigenvalue weighted by Crippen LogP contribution is -2.27. The molecular weight excluding hydrogens is 370 g/mol. The van der Waals surface area contributed by atoms with Gasteiger partial charge in [-0.3, -0.25) is 9.59 Å². The van der Waals surface area contributed by atoms with E-state index in [1.54, 1.807) is 30.3 Å². The zero-order chi connectivity index (χ0) is 19.6.